The lowest BCUT2D eigenvalue weighted by atomic mass is 10.1. The molecule has 0 aliphatic rings. The fraction of sp³-hybridized carbons (Fsp3) is 0.286. The van der Waals surface area contributed by atoms with Gasteiger partial charge < -0.3 is 4.74 Å². The molecule has 0 aliphatic heterocycles. The summed E-state index contributed by atoms with van der Waals surface area (Å²) in [6.07, 6.45) is 10.6. The zero-order valence-electron chi connectivity index (χ0n) is 19.7. The number of rotatable bonds is 9. The third-order valence-corrected chi connectivity index (χ3v) is 5.54. The molecule has 0 radical (unpaired) electrons. The van der Waals surface area contributed by atoms with Gasteiger partial charge in [0.1, 0.15) is 12.0 Å². The van der Waals surface area contributed by atoms with Crippen molar-refractivity contribution in [1.82, 2.24) is 9.97 Å². The van der Waals surface area contributed by atoms with Crippen molar-refractivity contribution in [2.45, 2.75) is 39.5 Å². The lowest BCUT2D eigenvalue weighted by molar-refractivity contribution is 0.112. The van der Waals surface area contributed by atoms with Crippen molar-refractivity contribution < 1.29 is 9.53 Å². The molecule has 0 spiro atoms. The Labute approximate surface area is 205 Å². The fourth-order valence-corrected chi connectivity index (χ4v) is 3.50. The number of carbonyl (C=O) groups excluding carboxylic acids is 1. The van der Waals surface area contributed by atoms with Crippen LogP contribution in [0, 0.1) is 0 Å². The molecule has 0 N–H and O–H groups in total. The van der Waals surface area contributed by atoms with Crippen LogP contribution in [0.2, 0.25) is 5.02 Å². The Morgan fingerprint density at radius 2 is 1.56 bits per heavy atom. The maximum Gasteiger partial charge on any atom is 0.150 e. The van der Waals surface area contributed by atoms with E-state index in [4.69, 9.17) is 16.3 Å². The molecule has 0 bridgehead atoms. The van der Waals surface area contributed by atoms with Crippen LogP contribution < -0.4 is 4.74 Å². The Morgan fingerprint density at radius 1 is 0.882 bits per heavy atom. The number of pyridine rings is 2. The van der Waals surface area contributed by atoms with Crippen LogP contribution in [0.25, 0.3) is 21.8 Å². The monoisotopic (exact) mass is 475 g/mol. The van der Waals surface area contributed by atoms with E-state index in [0.717, 1.165) is 70.2 Å². The number of halogens is 1. The topological polar surface area (TPSA) is 64.4 Å². The van der Waals surface area contributed by atoms with Gasteiger partial charge in [0.25, 0.3) is 0 Å². The quantitative estimate of drug-likeness (QED) is 0.144. The number of aldehydes is 1. The minimum absolute atomic E-state index is 0.644. The lowest BCUT2D eigenvalue weighted by Gasteiger charge is -2.08. The molecule has 2 heterocycles. The van der Waals surface area contributed by atoms with Crippen LogP contribution in [0.5, 0.6) is 5.75 Å². The second kappa shape index (κ2) is 13.4. The predicted molar refractivity (Wildman–Crippen MR) is 142 cm³/mol. The molecule has 34 heavy (non-hydrogen) atoms. The molecule has 0 aliphatic carbocycles. The number of benzene rings is 2. The normalized spacial score (nSPS) is 10.9. The van der Waals surface area contributed by atoms with E-state index in [1.165, 1.54) is 6.42 Å². The van der Waals surface area contributed by atoms with E-state index in [1.54, 1.807) is 18.5 Å². The van der Waals surface area contributed by atoms with E-state index in [2.05, 4.69) is 28.8 Å². The summed E-state index contributed by atoms with van der Waals surface area (Å²) in [4.78, 5) is 23.7. The van der Waals surface area contributed by atoms with Gasteiger partial charge in [0.05, 0.1) is 22.7 Å². The molecule has 176 valence electrons. The van der Waals surface area contributed by atoms with Crippen molar-refractivity contribution >= 4 is 45.9 Å². The van der Waals surface area contributed by atoms with Crippen molar-refractivity contribution in [3.8, 4) is 5.75 Å². The number of fused-ring (bicyclic) bond motifs is 2. The van der Waals surface area contributed by atoms with E-state index in [1.807, 2.05) is 48.7 Å². The van der Waals surface area contributed by atoms with Gasteiger partial charge in [0.15, 0.2) is 0 Å². The number of unbranched alkanes of at least 4 members (excludes halogenated alkanes) is 2. The first-order valence-corrected chi connectivity index (χ1v) is 12.0. The standard InChI is InChI=1S/C14H15ClN2.C14H15NO2/c1-2-3-7-16-10-11-4-5-14-12(9-11)13(15)6-8-17-14;1-2-3-8-17-14-6-7-15-13-5-4-11(10-16)9-12(13)14/h4-6,8-10H,2-3,7H2,1H3;4-7,9-10H,2-3,8H2,1H3. The molecule has 0 saturated heterocycles. The summed E-state index contributed by atoms with van der Waals surface area (Å²) >= 11 is 6.13. The minimum atomic E-state index is 0.644. The number of nitrogens with zero attached hydrogens (tertiary/aromatic N) is 3. The van der Waals surface area contributed by atoms with Crippen molar-refractivity contribution in [3.63, 3.8) is 0 Å². The van der Waals surface area contributed by atoms with Crippen molar-refractivity contribution in [2.75, 3.05) is 13.2 Å². The van der Waals surface area contributed by atoms with Gasteiger partial charge in [-0.2, -0.15) is 0 Å². The third kappa shape index (κ3) is 7.09. The van der Waals surface area contributed by atoms with E-state index in [9.17, 15) is 4.79 Å². The predicted octanol–water partition coefficient (Wildman–Crippen LogP) is 7.33. The zero-order chi connectivity index (χ0) is 24.2. The highest BCUT2D eigenvalue weighted by Gasteiger charge is 2.04. The minimum Gasteiger partial charge on any atom is -0.493 e. The van der Waals surface area contributed by atoms with Crippen LogP contribution in [0.1, 0.15) is 55.5 Å². The third-order valence-electron chi connectivity index (χ3n) is 5.21. The summed E-state index contributed by atoms with van der Waals surface area (Å²) in [6, 6.07) is 15.1. The van der Waals surface area contributed by atoms with Crippen molar-refractivity contribution in [3.05, 3.63) is 77.1 Å². The highest BCUT2D eigenvalue weighted by Crippen LogP contribution is 2.25. The highest BCUT2D eigenvalue weighted by atomic mass is 35.5. The van der Waals surface area contributed by atoms with Gasteiger partial charge in [-0.3, -0.25) is 19.8 Å². The van der Waals surface area contributed by atoms with E-state index in [-0.39, 0.29) is 0 Å². The zero-order valence-corrected chi connectivity index (χ0v) is 20.5. The number of hydrogen-bond donors (Lipinski definition) is 0. The molecule has 0 fully saturated rings. The van der Waals surface area contributed by atoms with Crippen LogP contribution in [-0.2, 0) is 0 Å². The number of hydrogen-bond acceptors (Lipinski definition) is 5. The second-order valence-electron chi connectivity index (χ2n) is 7.86. The summed E-state index contributed by atoms with van der Waals surface area (Å²) in [5, 5.41) is 2.61. The summed E-state index contributed by atoms with van der Waals surface area (Å²) in [5.74, 6) is 0.798. The van der Waals surface area contributed by atoms with Gasteiger partial charge >= 0.3 is 0 Å². The summed E-state index contributed by atoms with van der Waals surface area (Å²) < 4.78 is 5.70. The average molecular weight is 476 g/mol. The number of ether oxygens (including phenoxy) is 1. The summed E-state index contributed by atoms with van der Waals surface area (Å²) in [5.41, 5.74) is 3.49. The molecule has 2 aromatic heterocycles. The molecule has 5 nitrogen and oxygen atoms in total. The molecule has 2 aromatic carbocycles. The molecule has 4 rings (SSSR count). The smallest absolute Gasteiger partial charge is 0.150 e. The van der Waals surface area contributed by atoms with Crippen molar-refractivity contribution in [2.24, 2.45) is 4.99 Å². The first kappa shape index (κ1) is 25.3. The molecule has 0 amide bonds. The maximum atomic E-state index is 10.8. The number of aliphatic imine (C=N–C) groups is 1. The van der Waals surface area contributed by atoms with Crippen LogP contribution in [0.3, 0.4) is 0 Å². The first-order chi connectivity index (χ1) is 16.7. The molecule has 4 aromatic rings. The Bertz CT molecular complexity index is 1260. The Hall–Kier alpha value is -3.31. The average Bonchev–Trinajstić information content (AvgIpc) is 2.87. The molecular weight excluding hydrogens is 446 g/mol. The van der Waals surface area contributed by atoms with E-state index in [0.29, 0.717) is 12.2 Å². The molecule has 6 heteroatoms. The van der Waals surface area contributed by atoms with E-state index >= 15 is 0 Å². The van der Waals surface area contributed by atoms with Crippen LogP contribution in [0.4, 0.5) is 0 Å². The van der Waals surface area contributed by atoms with Crippen LogP contribution in [0.15, 0.2) is 65.9 Å². The second-order valence-corrected chi connectivity index (χ2v) is 8.27. The van der Waals surface area contributed by atoms with Crippen LogP contribution in [-0.4, -0.2) is 35.6 Å². The Morgan fingerprint density at radius 3 is 2.29 bits per heavy atom. The summed E-state index contributed by atoms with van der Waals surface area (Å²) in [6.45, 7) is 5.87. The first-order valence-electron chi connectivity index (χ1n) is 11.7. The molecule has 0 saturated carbocycles. The SMILES string of the molecule is CCCCN=Cc1ccc2nccc(Cl)c2c1.CCCCOc1ccnc2ccc(C=O)cc12. The van der Waals surface area contributed by atoms with Crippen LogP contribution >= 0.6 is 11.6 Å². The highest BCUT2D eigenvalue weighted by molar-refractivity contribution is 6.35. The maximum absolute atomic E-state index is 10.8. The van der Waals surface area contributed by atoms with Gasteiger partial charge in [-0.05, 0) is 60.9 Å². The van der Waals surface area contributed by atoms with Crippen molar-refractivity contribution in [1.29, 1.82) is 0 Å². The Kier molecular flexibility index (Phi) is 9.98. The molecular formula is C28H30ClN3O2. The van der Waals surface area contributed by atoms with E-state index < -0.39 is 0 Å². The fourth-order valence-electron chi connectivity index (χ4n) is 3.29. The number of aromatic nitrogens is 2. The molecule has 0 unspecified atom stereocenters. The largest absolute Gasteiger partial charge is 0.493 e. The summed E-state index contributed by atoms with van der Waals surface area (Å²) in [7, 11) is 0. The number of carbonyl (C=O) groups is 1. The Balaban J connectivity index is 0.000000191. The molecule has 0 atom stereocenters. The van der Waals surface area contributed by atoms with Gasteiger partial charge in [-0.25, -0.2) is 0 Å². The van der Waals surface area contributed by atoms with Gasteiger partial charge in [-0.1, -0.05) is 44.4 Å². The van der Waals surface area contributed by atoms with Gasteiger partial charge in [0, 0.05) is 41.5 Å². The van der Waals surface area contributed by atoms with Gasteiger partial charge in [0.2, 0.25) is 0 Å². The van der Waals surface area contributed by atoms with Gasteiger partial charge in [-0.15, -0.1) is 0 Å². The lowest BCUT2D eigenvalue weighted by Crippen LogP contribution is -1.97.